The third kappa shape index (κ3) is 6.00. The maximum atomic E-state index is 14.1. The molecule has 0 saturated carbocycles. The van der Waals surface area contributed by atoms with Crippen LogP contribution in [-0.4, -0.2) is 20.6 Å². The molecule has 1 N–H and O–H groups in total. The number of imidazole rings is 1. The highest BCUT2D eigenvalue weighted by atomic mass is 35.5. The zero-order valence-corrected chi connectivity index (χ0v) is 21.7. The fraction of sp³-hybridized carbons (Fsp3) is 0.0625. The van der Waals surface area contributed by atoms with Gasteiger partial charge in [0, 0.05) is 18.3 Å². The maximum Gasteiger partial charge on any atom is 0.417 e. The number of benzene rings is 4. The minimum Gasteiger partial charge on any atom is -0.478 e. The first kappa shape index (κ1) is 27.0. The van der Waals surface area contributed by atoms with E-state index in [1.807, 2.05) is 18.2 Å². The van der Waals surface area contributed by atoms with Gasteiger partial charge in [0.1, 0.15) is 5.82 Å². The van der Waals surface area contributed by atoms with Crippen LogP contribution in [0.15, 0.2) is 103 Å². The smallest absolute Gasteiger partial charge is 0.417 e. The molecule has 0 aliphatic heterocycles. The van der Waals surface area contributed by atoms with Gasteiger partial charge in [-0.05, 0) is 52.6 Å². The Kier molecular flexibility index (Phi) is 7.58. The standard InChI is InChI=1S/C32H22ClF3N2O2/c33-28-9-5-4-8-26(28)29-20-38(19-21-10-12-24(13-11-21)31(39)40)30(37-29)17-16-23-14-15-25(18-27(23)32(34,35)36)22-6-2-1-3-7-22/h1-18,20H,19H2,(H,39,40)/b17-16+. The van der Waals surface area contributed by atoms with Crippen molar-refractivity contribution in [2.75, 3.05) is 0 Å². The molecule has 0 aliphatic rings. The van der Waals surface area contributed by atoms with Gasteiger partial charge in [-0.15, -0.1) is 0 Å². The van der Waals surface area contributed by atoms with Gasteiger partial charge in [0.25, 0.3) is 0 Å². The van der Waals surface area contributed by atoms with E-state index in [4.69, 9.17) is 11.6 Å². The molecule has 5 aromatic rings. The van der Waals surface area contributed by atoms with Crippen molar-refractivity contribution in [3.63, 3.8) is 0 Å². The van der Waals surface area contributed by atoms with E-state index in [9.17, 15) is 23.1 Å². The molecule has 200 valence electrons. The van der Waals surface area contributed by atoms with E-state index in [0.29, 0.717) is 39.8 Å². The predicted octanol–water partition coefficient (Wildman–Crippen LogP) is 8.81. The summed E-state index contributed by atoms with van der Waals surface area (Å²) < 4.78 is 44.0. The van der Waals surface area contributed by atoms with Crippen LogP contribution in [0.3, 0.4) is 0 Å². The average molecular weight is 559 g/mol. The van der Waals surface area contributed by atoms with Crippen LogP contribution < -0.4 is 0 Å². The van der Waals surface area contributed by atoms with Crippen molar-refractivity contribution in [3.8, 4) is 22.4 Å². The average Bonchev–Trinajstić information content (AvgIpc) is 3.34. The van der Waals surface area contributed by atoms with Crippen molar-refractivity contribution in [1.29, 1.82) is 0 Å². The van der Waals surface area contributed by atoms with Crippen LogP contribution in [0, 0.1) is 0 Å². The minimum atomic E-state index is -4.56. The normalized spacial score (nSPS) is 11.7. The second kappa shape index (κ2) is 11.2. The number of aromatic nitrogens is 2. The van der Waals surface area contributed by atoms with Crippen LogP contribution in [0.4, 0.5) is 13.2 Å². The summed E-state index contributed by atoms with van der Waals surface area (Å²) in [5, 5.41) is 9.68. The molecule has 4 aromatic carbocycles. The molecule has 0 fully saturated rings. The summed E-state index contributed by atoms with van der Waals surface area (Å²) in [6.07, 6.45) is 0.155. The van der Waals surface area contributed by atoms with Crippen LogP contribution >= 0.6 is 11.6 Å². The highest BCUT2D eigenvalue weighted by molar-refractivity contribution is 6.33. The lowest BCUT2D eigenvalue weighted by molar-refractivity contribution is -0.137. The molecule has 0 bridgehead atoms. The Balaban J connectivity index is 1.55. The van der Waals surface area contributed by atoms with E-state index in [-0.39, 0.29) is 11.1 Å². The summed E-state index contributed by atoms with van der Waals surface area (Å²) in [6.45, 7) is 0.316. The number of halogens is 4. The zero-order chi connectivity index (χ0) is 28.3. The number of carbonyl (C=O) groups is 1. The Bertz CT molecular complexity index is 1690. The second-order valence-corrected chi connectivity index (χ2v) is 9.50. The highest BCUT2D eigenvalue weighted by Crippen LogP contribution is 2.36. The zero-order valence-electron chi connectivity index (χ0n) is 20.9. The molecule has 8 heteroatoms. The summed E-state index contributed by atoms with van der Waals surface area (Å²) in [5.41, 5.74) is 2.61. The molecule has 0 radical (unpaired) electrons. The quantitative estimate of drug-likeness (QED) is 0.217. The molecule has 0 atom stereocenters. The molecule has 4 nitrogen and oxygen atoms in total. The number of nitrogens with zero attached hydrogens (tertiary/aromatic N) is 2. The Morgan fingerprint density at radius 2 is 1.57 bits per heavy atom. The number of carboxylic acid groups (broad SMARTS) is 1. The molecule has 0 amide bonds. The van der Waals surface area contributed by atoms with Gasteiger partial charge in [0.15, 0.2) is 0 Å². The summed E-state index contributed by atoms with van der Waals surface area (Å²) in [4.78, 5) is 15.9. The first-order valence-corrected chi connectivity index (χ1v) is 12.7. The number of alkyl halides is 3. The molecule has 1 aromatic heterocycles. The number of rotatable bonds is 7. The van der Waals surface area contributed by atoms with Gasteiger partial charge in [0.2, 0.25) is 0 Å². The van der Waals surface area contributed by atoms with E-state index < -0.39 is 17.7 Å². The van der Waals surface area contributed by atoms with Crippen LogP contribution in [0.25, 0.3) is 34.5 Å². The maximum absolute atomic E-state index is 14.1. The third-order valence-electron chi connectivity index (χ3n) is 6.39. The van der Waals surface area contributed by atoms with Gasteiger partial charge in [0.05, 0.1) is 21.8 Å². The van der Waals surface area contributed by atoms with Crippen molar-refractivity contribution >= 4 is 29.7 Å². The van der Waals surface area contributed by atoms with Gasteiger partial charge in [-0.2, -0.15) is 13.2 Å². The van der Waals surface area contributed by atoms with E-state index in [0.717, 1.165) is 11.6 Å². The minimum absolute atomic E-state index is 0.00633. The molecule has 5 rings (SSSR count). The fourth-order valence-electron chi connectivity index (χ4n) is 4.36. The number of aromatic carboxylic acids is 1. The van der Waals surface area contributed by atoms with E-state index >= 15 is 0 Å². The summed E-state index contributed by atoms with van der Waals surface area (Å²) in [5.74, 6) is -0.616. The first-order valence-electron chi connectivity index (χ1n) is 12.3. The molecule has 0 saturated heterocycles. The summed E-state index contributed by atoms with van der Waals surface area (Å²) in [7, 11) is 0. The molecule has 1 heterocycles. The Morgan fingerprint density at radius 3 is 2.25 bits per heavy atom. The van der Waals surface area contributed by atoms with Crippen molar-refractivity contribution < 1.29 is 23.1 Å². The largest absolute Gasteiger partial charge is 0.478 e. The van der Waals surface area contributed by atoms with Crippen LogP contribution in [0.2, 0.25) is 5.02 Å². The van der Waals surface area contributed by atoms with Gasteiger partial charge in [-0.1, -0.05) is 90.5 Å². The molecular weight excluding hydrogens is 537 g/mol. The fourth-order valence-corrected chi connectivity index (χ4v) is 4.59. The monoisotopic (exact) mass is 558 g/mol. The van der Waals surface area contributed by atoms with Crippen molar-refractivity contribution in [3.05, 3.63) is 136 Å². The van der Waals surface area contributed by atoms with Crippen molar-refractivity contribution in [2.24, 2.45) is 0 Å². The highest BCUT2D eigenvalue weighted by Gasteiger charge is 2.33. The van der Waals surface area contributed by atoms with E-state index in [2.05, 4.69) is 4.98 Å². The predicted molar refractivity (Wildman–Crippen MR) is 151 cm³/mol. The SMILES string of the molecule is O=C(O)c1ccc(Cn2cc(-c3ccccc3Cl)nc2/C=C/c2ccc(-c3ccccc3)cc2C(F)(F)F)cc1. The second-order valence-electron chi connectivity index (χ2n) is 9.09. The number of hydrogen-bond donors (Lipinski definition) is 1. The lowest BCUT2D eigenvalue weighted by Gasteiger charge is -2.13. The lowest BCUT2D eigenvalue weighted by atomic mass is 9.98. The number of hydrogen-bond acceptors (Lipinski definition) is 2. The topological polar surface area (TPSA) is 55.1 Å². The van der Waals surface area contributed by atoms with Crippen LogP contribution in [-0.2, 0) is 12.7 Å². The van der Waals surface area contributed by atoms with Gasteiger partial charge in [-0.3, -0.25) is 0 Å². The lowest BCUT2D eigenvalue weighted by Crippen LogP contribution is -2.07. The van der Waals surface area contributed by atoms with Crippen LogP contribution in [0.1, 0.15) is 32.9 Å². The Hall–Kier alpha value is -4.62. The Morgan fingerprint density at radius 1 is 0.875 bits per heavy atom. The number of carboxylic acids is 1. The van der Waals surface area contributed by atoms with E-state index in [1.54, 1.807) is 71.4 Å². The third-order valence-corrected chi connectivity index (χ3v) is 6.72. The van der Waals surface area contributed by atoms with Crippen LogP contribution in [0.5, 0.6) is 0 Å². The molecule has 0 spiro atoms. The molecule has 40 heavy (non-hydrogen) atoms. The van der Waals surface area contributed by atoms with Gasteiger partial charge < -0.3 is 9.67 Å². The molecular formula is C32H22ClF3N2O2. The van der Waals surface area contributed by atoms with Crippen molar-refractivity contribution in [2.45, 2.75) is 12.7 Å². The van der Waals surface area contributed by atoms with Crippen molar-refractivity contribution in [1.82, 2.24) is 9.55 Å². The first-order chi connectivity index (χ1) is 19.2. The molecule has 0 unspecified atom stereocenters. The van der Waals surface area contributed by atoms with Gasteiger partial charge in [-0.25, -0.2) is 9.78 Å². The summed E-state index contributed by atoms with van der Waals surface area (Å²) in [6, 6.07) is 26.7. The Labute approximate surface area is 233 Å². The summed E-state index contributed by atoms with van der Waals surface area (Å²) >= 11 is 6.39. The van der Waals surface area contributed by atoms with Gasteiger partial charge >= 0.3 is 12.1 Å². The molecule has 0 aliphatic carbocycles. The van der Waals surface area contributed by atoms with E-state index in [1.165, 1.54) is 24.3 Å².